The van der Waals surface area contributed by atoms with Crippen LogP contribution in [0.15, 0.2) is 55.2 Å². The highest BCUT2D eigenvalue weighted by molar-refractivity contribution is 6.31. The van der Waals surface area contributed by atoms with Gasteiger partial charge in [0.05, 0.1) is 11.0 Å². The maximum Gasteiger partial charge on any atom is 0.140 e. The number of rotatable bonds is 4. The summed E-state index contributed by atoms with van der Waals surface area (Å²) in [6, 6.07) is 5.33. The highest BCUT2D eigenvalue weighted by atomic mass is 35.5. The number of aromatic amines is 1. The van der Waals surface area contributed by atoms with E-state index in [-0.39, 0.29) is 0 Å². The second-order valence-corrected chi connectivity index (χ2v) is 4.23. The maximum atomic E-state index is 10.2. The molecule has 1 aromatic carbocycles. The number of aliphatic hydroxyl groups is 1. The fraction of sp³-hybridized carbons (Fsp3) is 0.0714. The van der Waals surface area contributed by atoms with Gasteiger partial charge in [-0.05, 0) is 23.8 Å². The van der Waals surface area contributed by atoms with E-state index in [1.165, 1.54) is 0 Å². The van der Waals surface area contributed by atoms with E-state index in [0.717, 1.165) is 11.0 Å². The monoisotopic (exact) mass is 260 g/mol. The van der Waals surface area contributed by atoms with E-state index in [2.05, 4.69) is 23.1 Å². The zero-order valence-corrected chi connectivity index (χ0v) is 10.5. The number of aliphatic hydroxyl groups excluding tert-OH is 1. The quantitative estimate of drug-likeness (QED) is 0.826. The number of aromatic nitrogens is 2. The molecular formula is C14H13ClN2O. The first-order chi connectivity index (χ1) is 8.65. The SMILES string of the molecule is C=C/C=C(\C=C)C(O)c1nc2ccc(Cl)cc2[nH]1. The standard InChI is InChI=1S/C14H13ClN2O/c1-3-5-9(4-2)13(18)14-16-11-7-6-10(15)8-12(11)17-14/h3-8,13,18H,1-2H2,(H,16,17)/b9-5+. The Hall–Kier alpha value is -1.84. The van der Waals surface area contributed by atoms with Crippen LogP contribution in [-0.4, -0.2) is 15.1 Å². The molecule has 1 heterocycles. The third kappa shape index (κ3) is 2.37. The van der Waals surface area contributed by atoms with Gasteiger partial charge in [-0.15, -0.1) is 0 Å². The van der Waals surface area contributed by atoms with Crippen LogP contribution in [0.1, 0.15) is 11.9 Å². The van der Waals surface area contributed by atoms with E-state index in [0.29, 0.717) is 16.4 Å². The molecule has 0 spiro atoms. The van der Waals surface area contributed by atoms with Gasteiger partial charge in [-0.25, -0.2) is 4.98 Å². The van der Waals surface area contributed by atoms with E-state index < -0.39 is 6.10 Å². The van der Waals surface area contributed by atoms with Crippen LogP contribution in [0, 0.1) is 0 Å². The Balaban J connectivity index is 2.44. The van der Waals surface area contributed by atoms with Crippen LogP contribution in [0.25, 0.3) is 11.0 Å². The smallest absolute Gasteiger partial charge is 0.140 e. The van der Waals surface area contributed by atoms with Crippen molar-refractivity contribution in [1.82, 2.24) is 9.97 Å². The molecule has 0 bridgehead atoms. The van der Waals surface area contributed by atoms with Crippen LogP contribution in [0.5, 0.6) is 0 Å². The van der Waals surface area contributed by atoms with Crippen LogP contribution in [-0.2, 0) is 0 Å². The van der Waals surface area contributed by atoms with Gasteiger partial charge in [0.25, 0.3) is 0 Å². The first-order valence-corrected chi connectivity index (χ1v) is 5.81. The van der Waals surface area contributed by atoms with E-state index in [4.69, 9.17) is 11.6 Å². The van der Waals surface area contributed by atoms with Gasteiger partial charge in [0.15, 0.2) is 0 Å². The van der Waals surface area contributed by atoms with E-state index in [1.807, 2.05) is 0 Å². The van der Waals surface area contributed by atoms with E-state index >= 15 is 0 Å². The number of nitrogens with one attached hydrogen (secondary N) is 1. The van der Waals surface area contributed by atoms with Gasteiger partial charge in [0.1, 0.15) is 11.9 Å². The molecule has 0 amide bonds. The first kappa shape index (κ1) is 12.6. The molecule has 3 nitrogen and oxygen atoms in total. The lowest BCUT2D eigenvalue weighted by Crippen LogP contribution is -2.01. The minimum Gasteiger partial charge on any atom is -0.380 e. The first-order valence-electron chi connectivity index (χ1n) is 5.44. The molecule has 0 saturated carbocycles. The molecule has 0 aliphatic carbocycles. The van der Waals surface area contributed by atoms with Crippen molar-refractivity contribution in [1.29, 1.82) is 0 Å². The fourth-order valence-corrected chi connectivity index (χ4v) is 1.87. The minimum absolute atomic E-state index is 0.459. The van der Waals surface area contributed by atoms with Gasteiger partial charge in [0, 0.05) is 5.02 Å². The highest BCUT2D eigenvalue weighted by Gasteiger charge is 2.15. The molecule has 2 N–H and O–H groups in total. The van der Waals surface area contributed by atoms with Crippen molar-refractivity contribution in [2.24, 2.45) is 0 Å². The summed E-state index contributed by atoms with van der Waals surface area (Å²) in [7, 11) is 0. The second-order valence-electron chi connectivity index (χ2n) is 3.79. The normalized spacial score (nSPS) is 13.6. The van der Waals surface area contributed by atoms with Crippen molar-refractivity contribution in [3.8, 4) is 0 Å². The molecule has 4 heteroatoms. The Morgan fingerprint density at radius 2 is 2.22 bits per heavy atom. The Morgan fingerprint density at radius 1 is 1.44 bits per heavy atom. The summed E-state index contributed by atoms with van der Waals surface area (Å²) in [5, 5.41) is 10.8. The van der Waals surface area contributed by atoms with Crippen molar-refractivity contribution in [3.05, 3.63) is 66.0 Å². The molecule has 0 saturated heterocycles. The molecule has 0 radical (unpaired) electrons. The van der Waals surface area contributed by atoms with Gasteiger partial charge in [0.2, 0.25) is 0 Å². The highest BCUT2D eigenvalue weighted by Crippen LogP contribution is 2.24. The molecule has 0 aliphatic rings. The fourth-order valence-electron chi connectivity index (χ4n) is 1.70. The van der Waals surface area contributed by atoms with E-state index in [9.17, 15) is 5.11 Å². The molecule has 2 aromatic rings. The third-order valence-corrected chi connectivity index (χ3v) is 2.82. The molecule has 1 unspecified atom stereocenters. The number of hydrogen-bond acceptors (Lipinski definition) is 2. The Kier molecular flexibility index (Phi) is 3.65. The zero-order chi connectivity index (χ0) is 13.1. The second kappa shape index (κ2) is 5.21. The average Bonchev–Trinajstić information content (AvgIpc) is 2.77. The Bertz CT molecular complexity index is 628. The lowest BCUT2D eigenvalue weighted by molar-refractivity contribution is 0.211. The number of hydrogen-bond donors (Lipinski definition) is 2. The molecule has 2 rings (SSSR count). The minimum atomic E-state index is -0.855. The summed E-state index contributed by atoms with van der Waals surface area (Å²) in [4.78, 5) is 7.36. The number of imidazole rings is 1. The van der Waals surface area contributed by atoms with Gasteiger partial charge in [-0.2, -0.15) is 0 Å². The van der Waals surface area contributed by atoms with Crippen molar-refractivity contribution in [2.75, 3.05) is 0 Å². The van der Waals surface area contributed by atoms with Gasteiger partial charge < -0.3 is 10.1 Å². The lowest BCUT2D eigenvalue weighted by atomic mass is 10.1. The molecule has 1 aromatic heterocycles. The van der Waals surface area contributed by atoms with Crippen LogP contribution >= 0.6 is 11.6 Å². The van der Waals surface area contributed by atoms with Gasteiger partial charge in [-0.1, -0.05) is 43.0 Å². The zero-order valence-electron chi connectivity index (χ0n) is 9.73. The third-order valence-electron chi connectivity index (χ3n) is 2.58. The number of benzene rings is 1. The van der Waals surface area contributed by atoms with E-state index in [1.54, 1.807) is 36.4 Å². The Labute approximate surface area is 110 Å². The maximum absolute atomic E-state index is 10.2. The molecule has 18 heavy (non-hydrogen) atoms. The van der Waals surface area contributed by atoms with Gasteiger partial charge >= 0.3 is 0 Å². The number of H-pyrrole nitrogens is 1. The predicted molar refractivity (Wildman–Crippen MR) is 74.5 cm³/mol. The molecular weight excluding hydrogens is 248 g/mol. The summed E-state index contributed by atoms with van der Waals surface area (Å²) in [5.41, 5.74) is 2.18. The van der Waals surface area contributed by atoms with Crippen LogP contribution in [0.2, 0.25) is 5.02 Å². The van der Waals surface area contributed by atoms with Crippen molar-refractivity contribution in [3.63, 3.8) is 0 Å². The molecule has 0 aliphatic heterocycles. The van der Waals surface area contributed by atoms with Crippen LogP contribution < -0.4 is 0 Å². The number of allylic oxidation sites excluding steroid dienone is 2. The van der Waals surface area contributed by atoms with Crippen LogP contribution in [0.3, 0.4) is 0 Å². The summed E-state index contributed by atoms with van der Waals surface area (Å²) in [6.45, 7) is 7.25. The number of nitrogens with zero attached hydrogens (tertiary/aromatic N) is 1. The van der Waals surface area contributed by atoms with Crippen molar-refractivity contribution < 1.29 is 5.11 Å². The van der Waals surface area contributed by atoms with Crippen LogP contribution in [0.4, 0.5) is 0 Å². The largest absolute Gasteiger partial charge is 0.380 e. The Morgan fingerprint density at radius 3 is 2.89 bits per heavy atom. The molecule has 92 valence electrons. The summed E-state index contributed by atoms with van der Waals surface area (Å²) < 4.78 is 0. The number of fused-ring (bicyclic) bond motifs is 1. The van der Waals surface area contributed by atoms with Crippen molar-refractivity contribution >= 4 is 22.6 Å². The molecule has 0 fully saturated rings. The van der Waals surface area contributed by atoms with Gasteiger partial charge in [-0.3, -0.25) is 0 Å². The average molecular weight is 261 g/mol. The number of halogens is 1. The predicted octanol–water partition coefficient (Wildman–Crippen LogP) is 3.55. The lowest BCUT2D eigenvalue weighted by Gasteiger charge is -2.07. The van der Waals surface area contributed by atoms with Crippen molar-refractivity contribution in [2.45, 2.75) is 6.10 Å². The summed E-state index contributed by atoms with van der Waals surface area (Å²) >= 11 is 5.90. The summed E-state index contributed by atoms with van der Waals surface area (Å²) in [5.74, 6) is 0.459. The summed E-state index contributed by atoms with van der Waals surface area (Å²) in [6.07, 6.45) is 4.01. The topological polar surface area (TPSA) is 48.9 Å². The molecule has 1 atom stereocenters.